The number of fused-ring (bicyclic) bond motifs is 1. The van der Waals surface area contributed by atoms with Gasteiger partial charge in [-0.25, -0.2) is 0 Å². The third-order valence-electron chi connectivity index (χ3n) is 3.33. The van der Waals surface area contributed by atoms with E-state index in [9.17, 15) is 9.90 Å². The van der Waals surface area contributed by atoms with Crippen molar-refractivity contribution in [2.24, 2.45) is 0 Å². The van der Waals surface area contributed by atoms with Gasteiger partial charge in [0.15, 0.2) is 5.78 Å². The van der Waals surface area contributed by atoms with Crippen molar-refractivity contribution >= 4 is 22.6 Å². The van der Waals surface area contributed by atoms with Gasteiger partial charge in [0, 0.05) is 5.56 Å². The molecule has 2 heteroatoms. The highest BCUT2D eigenvalue weighted by atomic mass is 16.3. The Hall–Kier alpha value is -2.87. The zero-order valence-corrected chi connectivity index (χ0v) is 11.4. The van der Waals surface area contributed by atoms with E-state index in [0.717, 1.165) is 10.9 Å². The molecule has 1 N–H and O–H groups in total. The monoisotopic (exact) mass is 274 g/mol. The summed E-state index contributed by atoms with van der Waals surface area (Å²) >= 11 is 0. The Labute approximate surface area is 123 Å². The van der Waals surface area contributed by atoms with Crippen molar-refractivity contribution in [3.63, 3.8) is 0 Å². The van der Waals surface area contributed by atoms with Crippen LogP contribution in [0.1, 0.15) is 15.9 Å². The van der Waals surface area contributed by atoms with Crippen molar-refractivity contribution in [2.75, 3.05) is 0 Å². The number of aromatic hydroxyl groups is 1. The van der Waals surface area contributed by atoms with Crippen LogP contribution in [0.3, 0.4) is 0 Å². The van der Waals surface area contributed by atoms with Crippen LogP contribution in [0.5, 0.6) is 5.75 Å². The third kappa shape index (κ3) is 3.00. The van der Waals surface area contributed by atoms with Gasteiger partial charge in [0.2, 0.25) is 0 Å². The number of benzene rings is 3. The van der Waals surface area contributed by atoms with Crippen LogP contribution in [0, 0.1) is 0 Å². The summed E-state index contributed by atoms with van der Waals surface area (Å²) in [6.07, 6.45) is 3.32. The lowest BCUT2D eigenvalue weighted by atomic mass is 10.1. The Balaban J connectivity index is 1.85. The minimum absolute atomic E-state index is 0.0972. The Bertz CT molecular complexity index is 832. The fraction of sp³-hybridized carbons (Fsp3) is 0. The number of hydrogen-bond donors (Lipinski definition) is 1. The van der Waals surface area contributed by atoms with Gasteiger partial charge in [-0.15, -0.1) is 0 Å². The number of phenols is 1. The normalized spacial score (nSPS) is 11.0. The van der Waals surface area contributed by atoms with E-state index in [1.165, 1.54) is 17.5 Å². The highest BCUT2D eigenvalue weighted by Crippen LogP contribution is 2.17. The third-order valence-corrected chi connectivity index (χ3v) is 3.33. The summed E-state index contributed by atoms with van der Waals surface area (Å²) in [5.74, 6) is -0.0287. The average Bonchev–Trinajstić information content (AvgIpc) is 2.52. The minimum Gasteiger partial charge on any atom is -0.508 e. The van der Waals surface area contributed by atoms with Crippen LogP contribution in [-0.4, -0.2) is 10.9 Å². The van der Waals surface area contributed by atoms with E-state index in [-0.39, 0.29) is 11.5 Å². The van der Waals surface area contributed by atoms with Gasteiger partial charge in [-0.3, -0.25) is 4.79 Å². The lowest BCUT2D eigenvalue weighted by molar-refractivity contribution is 0.104. The molecule has 0 saturated carbocycles. The summed E-state index contributed by atoms with van der Waals surface area (Å²) in [5, 5.41) is 11.7. The van der Waals surface area contributed by atoms with Crippen molar-refractivity contribution in [3.8, 4) is 5.75 Å². The lowest BCUT2D eigenvalue weighted by Crippen LogP contribution is -1.93. The number of carbonyl (C=O) groups is 1. The van der Waals surface area contributed by atoms with Crippen molar-refractivity contribution in [3.05, 3.63) is 83.9 Å². The maximum atomic E-state index is 12.0. The van der Waals surface area contributed by atoms with Gasteiger partial charge in [-0.2, -0.15) is 0 Å². The lowest BCUT2D eigenvalue weighted by Gasteiger charge is -1.99. The first-order chi connectivity index (χ1) is 10.2. The van der Waals surface area contributed by atoms with Crippen molar-refractivity contribution < 1.29 is 9.90 Å². The first-order valence-corrected chi connectivity index (χ1v) is 6.73. The molecule has 0 aromatic heterocycles. The molecule has 102 valence electrons. The summed E-state index contributed by atoms with van der Waals surface area (Å²) in [4.78, 5) is 12.0. The fourth-order valence-corrected chi connectivity index (χ4v) is 2.24. The molecule has 0 heterocycles. The molecule has 0 radical (unpaired) electrons. The van der Waals surface area contributed by atoms with Crippen LogP contribution in [0.2, 0.25) is 0 Å². The van der Waals surface area contributed by atoms with Crippen molar-refractivity contribution in [1.82, 2.24) is 0 Å². The molecule has 0 aliphatic heterocycles. The molecule has 0 aliphatic carbocycles. The van der Waals surface area contributed by atoms with E-state index >= 15 is 0 Å². The maximum Gasteiger partial charge on any atom is 0.185 e. The summed E-state index contributed by atoms with van der Waals surface area (Å²) in [6.45, 7) is 0. The summed E-state index contributed by atoms with van der Waals surface area (Å²) < 4.78 is 0. The van der Waals surface area contributed by atoms with Crippen LogP contribution in [0.4, 0.5) is 0 Å². The molecule has 21 heavy (non-hydrogen) atoms. The van der Waals surface area contributed by atoms with Gasteiger partial charge in [0.25, 0.3) is 0 Å². The van der Waals surface area contributed by atoms with Gasteiger partial charge in [0.1, 0.15) is 5.75 Å². The number of ketones is 1. The van der Waals surface area contributed by atoms with Crippen LogP contribution >= 0.6 is 0 Å². The fourth-order valence-electron chi connectivity index (χ4n) is 2.24. The molecule has 3 rings (SSSR count). The molecule has 0 unspecified atom stereocenters. The number of rotatable bonds is 3. The second-order valence-electron chi connectivity index (χ2n) is 4.85. The smallest absolute Gasteiger partial charge is 0.185 e. The highest BCUT2D eigenvalue weighted by Gasteiger charge is 2.02. The van der Waals surface area contributed by atoms with E-state index in [1.807, 2.05) is 36.4 Å². The van der Waals surface area contributed by atoms with Gasteiger partial charge in [-0.1, -0.05) is 54.6 Å². The Morgan fingerprint density at radius 2 is 1.67 bits per heavy atom. The van der Waals surface area contributed by atoms with Crippen LogP contribution in [0.25, 0.3) is 16.8 Å². The van der Waals surface area contributed by atoms with Crippen LogP contribution in [-0.2, 0) is 0 Å². The van der Waals surface area contributed by atoms with Crippen LogP contribution < -0.4 is 0 Å². The van der Waals surface area contributed by atoms with Gasteiger partial charge < -0.3 is 5.11 Å². The average molecular weight is 274 g/mol. The van der Waals surface area contributed by atoms with E-state index in [1.54, 1.807) is 24.3 Å². The molecule has 3 aromatic rings. The number of carbonyl (C=O) groups excluding carboxylic acids is 1. The first-order valence-electron chi connectivity index (χ1n) is 6.73. The van der Waals surface area contributed by atoms with E-state index in [4.69, 9.17) is 0 Å². The predicted molar refractivity (Wildman–Crippen MR) is 85.4 cm³/mol. The van der Waals surface area contributed by atoms with Gasteiger partial charge in [-0.05, 0) is 40.6 Å². The highest BCUT2D eigenvalue weighted by molar-refractivity contribution is 6.07. The standard InChI is InChI=1S/C19H14O2/c20-18-7-3-6-17(13-18)19(21)11-9-14-8-10-15-4-1-2-5-16(15)12-14/h1-13,20H. The Morgan fingerprint density at radius 3 is 2.48 bits per heavy atom. The molecule has 0 saturated heterocycles. The molecule has 0 fully saturated rings. The molecule has 2 nitrogen and oxygen atoms in total. The number of phenolic OH excluding ortho intramolecular Hbond substituents is 1. The van der Waals surface area contributed by atoms with E-state index in [2.05, 4.69) is 6.07 Å². The maximum absolute atomic E-state index is 12.0. The van der Waals surface area contributed by atoms with Gasteiger partial charge in [0.05, 0.1) is 0 Å². The van der Waals surface area contributed by atoms with E-state index < -0.39 is 0 Å². The number of allylic oxidation sites excluding steroid dienone is 1. The molecule has 0 amide bonds. The zero-order valence-electron chi connectivity index (χ0n) is 11.4. The van der Waals surface area contributed by atoms with Crippen molar-refractivity contribution in [1.29, 1.82) is 0 Å². The second kappa shape index (κ2) is 5.63. The summed E-state index contributed by atoms with van der Waals surface area (Å²) in [6, 6.07) is 20.5. The second-order valence-corrected chi connectivity index (χ2v) is 4.85. The Morgan fingerprint density at radius 1 is 0.857 bits per heavy atom. The van der Waals surface area contributed by atoms with E-state index in [0.29, 0.717) is 5.56 Å². The molecule has 0 bridgehead atoms. The molecular weight excluding hydrogens is 260 g/mol. The largest absolute Gasteiger partial charge is 0.508 e. The first kappa shape index (κ1) is 13.1. The van der Waals surface area contributed by atoms with Crippen molar-refractivity contribution in [2.45, 2.75) is 0 Å². The molecular formula is C19H14O2. The van der Waals surface area contributed by atoms with Gasteiger partial charge >= 0.3 is 0 Å². The zero-order chi connectivity index (χ0) is 14.7. The molecule has 3 aromatic carbocycles. The predicted octanol–water partition coefficient (Wildman–Crippen LogP) is 4.44. The topological polar surface area (TPSA) is 37.3 Å². The quantitative estimate of drug-likeness (QED) is 0.566. The summed E-state index contributed by atoms with van der Waals surface area (Å²) in [7, 11) is 0. The number of hydrogen-bond acceptors (Lipinski definition) is 2. The minimum atomic E-state index is -0.126. The molecule has 0 spiro atoms. The molecule has 0 atom stereocenters. The van der Waals surface area contributed by atoms with Crippen LogP contribution in [0.15, 0.2) is 72.8 Å². The molecule has 0 aliphatic rings. The Kier molecular flexibility index (Phi) is 3.52. The SMILES string of the molecule is O=C(C=Cc1ccc2ccccc2c1)c1cccc(O)c1. The summed E-state index contributed by atoms with van der Waals surface area (Å²) in [5.41, 5.74) is 1.45.